The molecule has 0 spiro atoms. The van der Waals surface area contributed by atoms with Gasteiger partial charge in [0.2, 0.25) is 10.0 Å². The monoisotopic (exact) mass is 529 g/mol. The van der Waals surface area contributed by atoms with Crippen LogP contribution in [-0.4, -0.2) is 58.7 Å². The molecule has 8 nitrogen and oxygen atoms in total. The molecule has 2 heterocycles. The molecule has 10 heteroatoms. The molecule has 0 bridgehead atoms. The molecule has 1 aliphatic rings. The summed E-state index contributed by atoms with van der Waals surface area (Å²) in [6, 6.07) is 14.0. The minimum Gasteiger partial charge on any atom is -0.464 e. The second kappa shape index (κ2) is 9.33. The number of anilines is 1. The smallest absolute Gasteiger partial charge is 0.416 e. The lowest BCUT2D eigenvalue weighted by Gasteiger charge is -2.38. The van der Waals surface area contributed by atoms with Gasteiger partial charge in [0, 0.05) is 29.7 Å². The summed E-state index contributed by atoms with van der Waals surface area (Å²) in [4.78, 5) is 14.6. The molecule has 1 aromatic heterocycles. The highest BCUT2D eigenvalue weighted by atomic mass is 32.2. The topological polar surface area (TPSA) is 101 Å². The summed E-state index contributed by atoms with van der Waals surface area (Å²) in [7, 11) is -4.33. The molecule has 1 atom stereocenters. The molecule has 36 heavy (non-hydrogen) atoms. The van der Waals surface area contributed by atoms with Gasteiger partial charge in [-0.3, -0.25) is 0 Å². The Bertz CT molecular complexity index is 1410. The Hall–Kier alpha value is -2.66. The van der Waals surface area contributed by atoms with Crippen LogP contribution in [0.25, 0.3) is 22.2 Å². The van der Waals surface area contributed by atoms with E-state index in [2.05, 4.69) is 43.5 Å². The van der Waals surface area contributed by atoms with Crippen LogP contribution in [0.4, 0.5) is 10.5 Å². The summed E-state index contributed by atoms with van der Waals surface area (Å²) >= 11 is 0. The zero-order valence-electron chi connectivity index (χ0n) is 21.7. The van der Waals surface area contributed by atoms with E-state index in [4.69, 9.17) is 4.43 Å². The lowest BCUT2D eigenvalue weighted by molar-refractivity contribution is 0.197. The number of para-hydroxylation sites is 1. The van der Waals surface area contributed by atoms with Crippen LogP contribution in [0.3, 0.4) is 0 Å². The van der Waals surface area contributed by atoms with E-state index in [1.807, 2.05) is 12.1 Å². The molecule has 0 saturated carbocycles. The molecule has 0 aliphatic carbocycles. The number of sulfonamides is 1. The van der Waals surface area contributed by atoms with Crippen LogP contribution in [0, 0.1) is 0 Å². The maximum Gasteiger partial charge on any atom is 0.416 e. The van der Waals surface area contributed by atoms with Gasteiger partial charge in [-0.1, -0.05) is 39.0 Å². The van der Waals surface area contributed by atoms with Gasteiger partial charge in [-0.25, -0.2) is 22.5 Å². The number of benzene rings is 2. The van der Waals surface area contributed by atoms with Crippen molar-refractivity contribution in [2.75, 3.05) is 25.0 Å². The fraction of sp³-hybridized carbons (Fsp3) is 0.423. The molecule has 2 N–H and O–H groups in total. The number of carboxylic acid groups (broad SMARTS) is 1. The van der Waals surface area contributed by atoms with Gasteiger partial charge in [0.05, 0.1) is 22.2 Å². The lowest BCUT2D eigenvalue weighted by Crippen LogP contribution is -2.44. The maximum absolute atomic E-state index is 12.6. The Morgan fingerprint density at radius 2 is 1.83 bits per heavy atom. The molecule has 4 rings (SSSR count). The number of hydrogen-bond donors (Lipinski definition) is 2. The second-order valence-electron chi connectivity index (χ2n) is 10.8. The van der Waals surface area contributed by atoms with E-state index in [1.54, 1.807) is 36.4 Å². The molecular formula is C26H35N3O5SSi. The third kappa shape index (κ3) is 4.82. The van der Waals surface area contributed by atoms with Crippen LogP contribution < -0.4 is 9.62 Å². The van der Waals surface area contributed by atoms with Crippen molar-refractivity contribution in [3.05, 3.63) is 48.5 Å². The second-order valence-corrected chi connectivity index (χ2v) is 17.5. The molecule has 1 saturated heterocycles. The average Bonchev–Trinajstić information content (AvgIpc) is 3.42. The highest BCUT2D eigenvalue weighted by molar-refractivity contribution is 7.89. The Balaban J connectivity index is 1.82. The normalized spacial score (nSPS) is 17.2. The summed E-state index contributed by atoms with van der Waals surface area (Å²) < 4.78 is 35.5. The number of fused-ring (bicyclic) bond motifs is 1. The highest BCUT2D eigenvalue weighted by Gasteiger charge is 2.41. The van der Waals surface area contributed by atoms with E-state index in [9.17, 15) is 18.3 Å². The lowest BCUT2D eigenvalue weighted by atomic mass is 10.1. The van der Waals surface area contributed by atoms with Gasteiger partial charge in [-0.05, 0) is 61.9 Å². The Morgan fingerprint density at radius 3 is 2.47 bits per heavy atom. The molecule has 0 radical (unpaired) electrons. The van der Waals surface area contributed by atoms with Crippen LogP contribution in [-0.2, 0) is 14.4 Å². The number of nitrogens with zero attached hydrogens (tertiary/aromatic N) is 2. The third-order valence-corrected chi connectivity index (χ3v) is 13.4. The minimum atomic E-state index is -3.73. The van der Waals surface area contributed by atoms with Crippen molar-refractivity contribution < 1.29 is 22.7 Å². The number of carbonyl (C=O) groups is 1. The predicted octanol–water partition coefficient (Wildman–Crippen LogP) is 5.34. The van der Waals surface area contributed by atoms with E-state index < -0.39 is 24.4 Å². The van der Waals surface area contributed by atoms with Crippen LogP contribution in [0.5, 0.6) is 0 Å². The largest absolute Gasteiger partial charge is 0.464 e. The molecule has 1 fully saturated rings. The van der Waals surface area contributed by atoms with Crippen molar-refractivity contribution in [3.63, 3.8) is 0 Å². The minimum absolute atomic E-state index is 0.0600. The van der Waals surface area contributed by atoms with Crippen molar-refractivity contribution in [1.82, 2.24) is 9.29 Å². The van der Waals surface area contributed by atoms with Crippen LogP contribution >= 0.6 is 0 Å². The zero-order valence-corrected chi connectivity index (χ0v) is 23.5. The predicted molar refractivity (Wildman–Crippen MR) is 146 cm³/mol. The molecule has 0 amide bonds. The first-order valence-corrected chi connectivity index (χ1v) is 16.5. The van der Waals surface area contributed by atoms with Crippen LogP contribution in [0.1, 0.15) is 27.2 Å². The zero-order chi connectivity index (χ0) is 26.5. The number of rotatable bonds is 6. The van der Waals surface area contributed by atoms with E-state index in [1.165, 1.54) is 11.6 Å². The Kier molecular flexibility index (Phi) is 6.84. The first kappa shape index (κ1) is 26.4. The van der Waals surface area contributed by atoms with E-state index in [0.717, 1.165) is 24.0 Å². The van der Waals surface area contributed by atoms with Crippen LogP contribution in [0.2, 0.25) is 18.1 Å². The fourth-order valence-electron chi connectivity index (χ4n) is 4.48. The van der Waals surface area contributed by atoms with E-state index in [0.29, 0.717) is 23.3 Å². The Labute approximate surface area is 214 Å². The van der Waals surface area contributed by atoms with Crippen LogP contribution in [0.15, 0.2) is 53.4 Å². The maximum atomic E-state index is 12.6. The number of hydrogen-bond acceptors (Lipinski definition) is 5. The van der Waals surface area contributed by atoms with Crippen molar-refractivity contribution >= 4 is 41.0 Å². The summed E-state index contributed by atoms with van der Waals surface area (Å²) in [5, 5.41) is 11.0. The standard InChI is InChI=1S/C26H35N3O5SSi/c1-26(2,3)36(5,6)34-19-13-14-28(17-19)23-12-11-20(35(32,33)27-4)16-21(23)24-15-18-9-7-8-10-22(18)29(24)25(30)31/h7-12,15-16,19,27H,13-14,17H2,1-6H3,(H,30,31). The van der Waals surface area contributed by atoms with Gasteiger partial charge in [0.1, 0.15) is 0 Å². The first-order valence-electron chi connectivity index (χ1n) is 12.1. The van der Waals surface area contributed by atoms with Gasteiger partial charge in [-0.15, -0.1) is 0 Å². The summed E-state index contributed by atoms with van der Waals surface area (Å²) in [6.45, 7) is 12.5. The Morgan fingerprint density at radius 1 is 1.14 bits per heavy atom. The van der Waals surface area contributed by atoms with Gasteiger partial charge in [-0.2, -0.15) is 0 Å². The number of nitrogens with one attached hydrogen (secondary N) is 1. The van der Waals surface area contributed by atoms with E-state index >= 15 is 0 Å². The summed E-state index contributed by atoms with van der Waals surface area (Å²) in [6.07, 6.45) is -0.214. The SMILES string of the molecule is CNS(=O)(=O)c1ccc(N2CCC(O[Si](C)(C)C(C)(C)C)C2)c(-c2cc3ccccc3n2C(=O)O)c1. The van der Waals surface area contributed by atoms with Crippen molar-refractivity contribution in [2.24, 2.45) is 0 Å². The quantitative estimate of drug-likeness (QED) is 0.418. The number of aromatic nitrogens is 1. The molecule has 194 valence electrons. The third-order valence-electron chi connectivity index (χ3n) is 7.48. The summed E-state index contributed by atoms with van der Waals surface area (Å²) in [5.41, 5.74) is 2.32. The van der Waals surface area contributed by atoms with Crippen molar-refractivity contribution in [1.29, 1.82) is 0 Å². The molecule has 1 aliphatic heterocycles. The average molecular weight is 530 g/mol. The van der Waals surface area contributed by atoms with Gasteiger partial charge in [0.25, 0.3) is 0 Å². The molecule has 1 unspecified atom stereocenters. The van der Waals surface area contributed by atoms with Crippen molar-refractivity contribution in [3.8, 4) is 11.3 Å². The van der Waals surface area contributed by atoms with Crippen molar-refractivity contribution in [2.45, 2.75) is 56.3 Å². The highest BCUT2D eigenvalue weighted by Crippen LogP contribution is 2.41. The molecular weight excluding hydrogens is 494 g/mol. The fourth-order valence-corrected chi connectivity index (χ4v) is 6.61. The van der Waals surface area contributed by atoms with Gasteiger partial charge in [0.15, 0.2) is 8.32 Å². The molecule has 3 aromatic rings. The molecule has 2 aromatic carbocycles. The first-order chi connectivity index (χ1) is 16.7. The van der Waals surface area contributed by atoms with E-state index in [-0.39, 0.29) is 16.0 Å². The van der Waals surface area contributed by atoms with Gasteiger partial charge < -0.3 is 14.4 Å². The van der Waals surface area contributed by atoms with Gasteiger partial charge >= 0.3 is 6.09 Å². The summed E-state index contributed by atoms with van der Waals surface area (Å²) in [5.74, 6) is 0.